The SMILES string of the molecule is CC1OCCC1(CCl)Cc1ccc(O)cc1. The quantitative estimate of drug-likeness (QED) is 0.824. The first-order valence-electron chi connectivity index (χ1n) is 5.62. The van der Waals surface area contributed by atoms with E-state index in [-0.39, 0.29) is 11.5 Å². The van der Waals surface area contributed by atoms with Gasteiger partial charge in [-0.05, 0) is 37.5 Å². The molecule has 1 saturated heterocycles. The van der Waals surface area contributed by atoms with Gasteiger partial charge in [0.05, 0.1) is 6.10 Å². The van der Waals surface area contributed by atoms with Crippen LogP contribution in [0.1, 0.15) is 18.9 Å². The normalized spacial score (nSPS) is 29.5. The van der Waals surface area contributed by atoms with Gasteiger partial charge in [0, 0.05) is 17.9 Å². The Hall–Kier alpha value is -0.730. The maximum atomic E-state index is 9.24. The molecule has 0 amide bonds. The Bertz CT molecular complexity index is 349. The van der Waals surface area contributed by atoms with Crippen molar-refractivity contribution in [3.63, 3.8) is 0 Å². The van der Waals surface area contributed by atoms with E-state index in [2.05, 4.69) is 6.92 Å². The molecule has 1 fully saturated rings. The van der Waals surface area contributed by atoms with Crippen LogP contribution in [-0.4, -0.2) is 23.7 Å². The Balaban J connectivity index is 2.15. The van der Waals surface area contributed by atoms with Crippen molar-refractivity contribution < 1.29 is 9.84 Å². The third kappa shape index (κ3) is 2.18. The largest absolute Gasteiger partial charge is 0.508 e. The fourth-order valence-corrected chi connectivity index (χ4v) is 2.74. The van der Waals surface area contributed by atoms with E-state index in [0.29, 0.717) is 11.6 Å². The minimum Gasteiger partial charge on any atom is -0.508 e. The van der Waals surface area contributed by atoms with Gasteiger partial charge >= 0.3 is 0 Å². The molecular formula is C13H17ClO2. The Morgan fingerprint density at radius 2 is 2.12 bits per heavy atom. The van der Waals surface area contributed by atoms with Crippen LogP contribution in [0, 0.1) is 5.41 Å². The summed E-state index contributed by atoms with van der Waals surface area (Å²) in [5, 5.41) is 9.24. The second-order valence-corrected chi connectivity index (χ2v) is 4.87. The maximum absolute atomic E-state index is 9.24. The van der Waals surface area contributed by atoms with Gasteiger partial charge in [0.2, 0.25) is 0 Å². The molecule has 0 radical (unpaired) electrons. The number of alkyl halides is 1. The molecule has 2 unspecified atom stereocenters. The minimum atomic E-state index is 0.0541. The molecule has 3 heteroatoms. The Kier molecular flexibility index (Phi) is 3.41. The van der Waals surface area contributed by atoms with E-state index in [1.165, 1.54) is 5.56 Å². The van der Waals surface area contributed by atoms with Crippen molar-refractivity contribution in [1.82, 2.24) is 0 Å². The number of halogens is 1. The van der Waals surface area contributed by atoms with Gasteiger partial charge in [-0.25, -0.2) is 0 Å². The van der Waals surface area contributed by atoms with Crippen molar-refractivity contribution in [2.45, 2.75) is 25.9 Å². The van der Waals surface area contributed by atoms with Gasteiger partial charge in [0.1, 0.15) is 5.75 Å². The first-order valence-corrected chi connectivity index (χ1v) is 6.15. The average molecular weight is 241 g/mol. The average Bonchev–Trinajstić information content (AvgIpc) is 2.64. The third-order valence-corrected chi connectivity index (χ3v) is 4.12. The van der Waals surface area contributed by atoms with Crippen molar-refractivity contribution in [1.29, 1.82) is 0 Å². The van der Waals surface area contributed by atoms with Gasteiger partial charge in [-0.1, -0.05) is 12.1 Å². The lowest BCUT2D eigenvalue weighted by molar-refractivity contribution is 0.0735. The first kappa shape index (κ1) is 11.7. The zero-order valence-electron chi connectivity index (χ0n) is 9.45. The van der Waals surface area contributed by atoms with Crippen LogP contribution in [0.4, 0.5) is 0 Å². The van der Waals surface area contributed by atoms with E-state index in [9.17, 15) is 5.11 Å². The van der Waals surface area contributed by atoms with E-state index in [4.69, 9.17) is 16.3 Å². The number of phenolic OH excluding ortho intramolecular Hbond substituents is 1. The fourth-order valence-electron chi connectivity index (χ4n) is 2.29. The molecule has 1 aliphatic heterocycles. The predicted octanol–water partition coefficient (Wildman–Crippen LogP) is 2.97. The van der Waals surface area contributed by atoms with Crippen LogP contribution in [0.5, 0.6) is 5.75 Å². The summed E-state index contributed by atoms with van der Waals surface area (Å²) in [6.07, 6.45) is 2.13. The van der Waals surface area contributed by atoms with Crippen LogP contribution in [0.3, 0.4) is 0 Å². The molecule has 0 spiro atoms. The molecule has 0 saturated carbocycles. The van der Waals surface area contributed by atoms with Gasteiger partial charge in [-0.3, -0.25) is 0 Å². The number of aromatic hydroxyl groups is 1. The predicted molar refractivity (Wildman–Crippen MR) is 65.0 cm³/mol. The zero-order valence-corrected chi connectivity index (χ0v) is 10.2. The molecule has 2 rings (SSSR count). The monoisotopic (exact) mass is 240 g/mol. The summed E-state index contributed by atoms with van der Waals surface area (Å²) in [5.41, 5.74) is 1.26. The van der Waals surface area contributed by atoms with E-state index in [1.807, 2.05) is 12.1 Å². The van der Waals surface area contributed by atoms with Crippen molar-refractivity contribution in [3.8, 4) is 5.75 Å². The molecule has 1 N–H and O–H groups in total. The summed E-state index contributed by atoms with van der Waals surface area (Å²) in [5.74, 6) is 0.925. The highest BCUT2D eigenvalue weighted by Crippen LogP contribution is 2.39. The van der Waals surface area contributed by atoms with Crippen LogP contribution in [-0.2, 0) is 11.2 Å². The number of hydrogen-bond acceptors (Lipinski definition) is 2. The lowest BCUT2D eigenvalue weighted by Gasteiger charge is -2.30. The number of ether oxygens (including phenoxy) is 1. The van der Waals surface area contributed by atoms with Crippen molar-refractivity contribution in [2.24, 2.45) is 5.41 Å². The van der Waals surface area contributed by atoms with E-state index < -0.39 is 0 Å². The molecule has 1 heterocycles. The molecule has 0 aliphatic carbocycles. The van der Waals surface area contributed by atoms with E-state index in [0.717, 1.165) is 19.4 Å². The van der Waals surface area contributed by atoms with Crippen LogP contribution in [0.15, 0.2) is 24.3 Å². The van der Waals surface area contributed by atoms with E-state index in [1.54, 1.807) is 12.1 Å². The Morgan fingerprint density at radius 3 is 2.62 bits per heavy atom. The fraction of sp³-hybridized carbons (Fsp3) is 0.538. The Labute approximate surface area is 101 Å². The molecule has 0 bridgehead atoms. The summed E-state index contributed by atoms with van der Waals surface area (Å²) < 4.78 is 5.62. The molecule has 16 heavy (non-hydrogen) atoms. The van der Waals surface area contributed by atoms with Crippen LogP contribution in [0.2, 0.25) is 0 Å². The number of benzene rings is 1. The summed E-state index contributed by atoms with van der Waals surface area (Å²) in [6.45, 7) is 2.89. The molecule has 2 nitrogen and oxygen atoms in total. The van der Waals surface area contributed by atoms with Gasteiger partial charge in [-0.2, -0.15) is 0 Å². The topological polar surface area (TPSA) is 29.5 Å². The Morgan fingerprint density at radius 1 is 1.44 bits per heavy atom. The molecule has 1 aromatic rings. The summed E-state index contributed by atoms with van der Waals surface area (Å²) in [4.78, 5) is 0. The summed E-state index contributed by atoms with van der Waals surface area (Å²) in [6, 6.07) is 7.35. The van der Waals surface area contributed by atoms with Crippen LogP contribution < -0.4 is 0 Å². The lowest BCUT2D eigenvalue weighted by atomic mass is 9.78. The highest BCUT2D eigenvalue weighted by Gasteiger charge is 2.40. The zero-order chi connectivity index (χ0) is 11.6. The number of phenols is 1. The minimum absolute atomic E-state index is 0.0541. The van der Waals surface area contributed by atoms with Gasteiger partial charge in [-0.15, -0.1) is 11.6 Å². The second kappa shape index (κ2) is 4.64. The highest BCUT2D eigenvalue weighted by molar-refractivity contribution is 6.18. The number of rotatable bonds is 3. The van der Waals surface area contributed by atoms with Crippen LogP contribution in [0.25, 0.3) is 0 Å². The maximum Gasteiger partial charge on any atom is 0.115 e. The summed E-state index contributed by atoms with van der Waals surface area (Å²) in [7, 11) is 0. The van der Waals surface area contributed by atoms with Crippen molar-refractivity contribution in [2.75, 3.05) is 12.5 Å². The van der Waals surface area contributed by atoms with Crippen LogP contribution >= 0.6 is 11.6 Å². The van der Waals surface area contributed by atoms with Crippen molar-refractivity contribution in [3.05, 3.63) is 29.8 Å². The first-order chi connectivity index (χ1) is 7.66. The van der Waals surface area contributed by atoms with E-state index >= 15 is 0 Å². The summed E-state index contributed by atoms with van der Waals surface area (Å²) >= 11 is 6.11. The van der Waals surface area contributed by atoms with Gasteiger partial charge < -0.3 is 9.84 Å². The second-order valence-electron chi connectivity index (χ2n) is 4.60. The molecule has 88 valence electrons. The number of hydrogen-bond donors (Lipinski definition) is 1. The third-order valence-electron chi connectivity index (χ3n) is 3.59. The molecule has 0 aromatic heterocycles. The highest BCUT2D eigenvalue weighted by atomic mass is 35.5. The standard InChI is InChI=1S/C13H17ClO2/c1-10-13(9-14,6-7-16-10)8-11-2-4-12(15)5-3-11/h2-5,10,15H,6-9H2,1H3. The molecule has 1 aliphatic rings. The smallest absolute Gasteiger partial charge is 0.115 e. The molecule has 2 atom stereocenters. The van der Waals surface area contributed by atoms with Gasteiger partial charge in [0.15, 0.2) is 0 Å². The lowest BCUT2D eigenvalue weighted by Crippen LogP contribution is -2.33. The van der Waals surface area contributed by atoms with Gasteiger partial charge in [0.25, 0.3) is 0 Å². The molecular weight excluding hydrogens is 224 g/mol. The molecule has 1 aromatic carbocycles. The van der Waals surface area contributed by atoms with Crippen molar-refractivity contribution >= 4 is 11.6 Å².